The second kappa shape index (κ2) is 7.24. The molecular formula is C15H24N2O2. The molecule has 0 fully saturated rings. The Morgan fingerprint density at radius 2 is 2.16 bits per heavy atom. The molecule has 1 aromatic rings. The van der Waals surface area contributed by atoms with Gasteiger partial charge in [-0.1, -0.05) is 19.4 Å². The van der Waals surface area contributed by atoms with Gasteiger partial charge in [0.15, 0.2) is 0 Å². The summed E-state index contributed by atoms with van der Waals surface area (Å²) in [5.74, 6) is -0.206. The van der Waals surface area contributed by atoms with Crippen molar-refractivity contribution in [1.82, 2.24) is 4.98 Å². The monoisotopic (exact) mass is 264 g/mol. The first-order valence-electron chi connectivity index (χ1n) is 6.87. The number of ether oxygens (including phenoxy) is 1. The van der Waals surface area contributed by atoms with Crippen LogP contribution in [0.2, 0.25) is 0 Å². The van der Waals surface area contributed by atoms with Crippen molar-refractivity contribution < 1.29 is 9.53 Å². The van der Waals surface area contributed by atoms with Crippen LogP contribution >= 0.6 is 0 Å². The van der Waals surface area contributed by atoms with E-state index in [9.17, 15) is 4.79 Å². The van der Waals surface area contributed by atoms with Gasteiger partial charge in [-0.2, -0.15) is 0 Å². The summed E-state index contributed by atoms with van der Waals surface area (Å²) >= 11 is 0. The summed E-state index contributed by atoms with van der Waals surface area (Å²) in [6.45, 7) is 6.47. The zero-order chi connectivity index (χ0) is 14.3. The molecular weight excluding hydrogens is 240 g/mol. The minimum Gasteiger partial charge on any atom is -0.466 e. The number of nitrogens with two attached hydrogens (primary N) is 1. The first kappa shape index (κ1) is 15.6. The van der Waals surface area contributed by atoms with Crippen molar-refractivity contribution in [2.24, 2.45) is 11.1 Å². The lowest BCUT2D eigenvalue weighted by atomic mass is 9.79. The van der Waals surface area contributed by atoms with Crippen LogP contribution in [0, 0.1) is 12.3 Å². The van der Waals surface area contributed by atoms with Gasteiger partial charge in [0.25, 0.3) is 0 Å². The van der Waals surface area contributed by atoms with Crippen LogP contribution < -0.4 is 5.73 Å². The molecule has 1 aromatic heterocycles. The van der Waals surface area contributed by atoms with E-state index in [0.717, 1.165) is 24.2 Å². The number of aromatic nitrogens is 1. The molecule has 0 saturated carbocycles. The van der Waals surface area contributed by atoms with Crippen LogP contribution in [-0.2, 0) is 16.0 Å². The van der Waals surface area contributed by atoms with Crippen LogP contribution in [0.4, 0.5) is 0 Å². The molecule has 4 nitrogen and oxygen atoms in total. The van der Waals surface area contributed by atoms with Crippen molar-refractivity contribution in [3.8, 4) is 0 Å². The van der Waals surface area contributed by atoms with E-state index in [2.05, 4.69) is 4.98 Å². The molecule has 1 unspecified atom stereocenters. The molecule has 4 heteroatoms. The van der Waals surface area contributed by atoms with E-state index in [1.54, 1.807) is 0 Å². The van der Waals surface area contributed by atoms with Crippen LogP contribution in [0.1, 0.15) is 38.1 Å². The van der Waals surface area contributed by atoms with Crippen LogP contribution in [0.5, 0.6) is 0 Å². The maximum absolute atomic E-state index is 12.2. The number of hydrogen-bond donors (Lipinski definition) is 1. The van der Waals surface area contributed by atoms with Crippen molar-refractivity contribution in [3.05, 3.63) is 29.6 Å². The van der Waals surface area contributed by atoms with Gasteiger partial charge in [-0.25, -0.2) is 0 Å². The molecule has 0 saturated heterocycles. The van der Waals surface area contributed by atoms with Gasteiger partial charge in [0.05, 0.1) is 12.0 Å². The van der Waals surface area contributed by atoms with Gasteiger partial charge in [-0.05, 0) is 32.4 Å². The van der Waals surface area contributed by atoms with Crippen molar-refractivity contribution in [2.45, 2.75) is 40.0 Å². The maximum atomic E-state index is 12.2. The van der Waals surface area contributed by atoms with Crippen molar-refractivity contribution in [2.75, 3.05) is 13.2 Å². The quantitative estimate of drug-likeness (QED) is 0.767. The Labute approximate surface area is 115 Å². The van der Waals surface area contributed by atoms with Gasteiger partial charge in [0.1, 0.15) is 0 Å². The second-order valence-electron chi connectivity index (χ2n) is 4.90. The summed E-state index contributed by atoms with van der Waals surface area (Å²) in [6, 6.07) is 5.83. The number of pyridine rings is 1. The lowest BCUT2D eigenvalue weighted by molar-refractivity contribution is -0.155. The van der Waals surface area contributed by atoms with Crippen molar-refractivity contribution in [1.29, 1.82) is 0 Å². The highest BCUT2D eigenvalue weighted by molar-refractivity contribution is 5.77. The molecule has 0 bridgehead atoms. The molecule has 0 radical (unpaired) electrons. The zero-order valence-electron chi connectivity index (χ0n) is 12.1. The van der Waals surface area contributed by atoms with Gasteiger partial charge in [-0.15, -0.1) is 0 Å². The molecule has 0 aromatic carbocycles. The minimum atomic E-state index is -0.647. The molecule has 0 amide bonds. The van der Waals surface area contributed by atoms with E-state index >= 15 is 0 Å². The fraction of sp³-hybridized carbons (Fsp3) is 0.600. The molecule has 0 spiro atoms. The molecule has 2 N–H and O–H groups in total. The summed E-state index contributed by atoms with van der Waals surface area (Å²) < 4.78 is 5.21. The van der Waals surface area contributed by atoms with E-state index in [-0.39, 0.29) is 12.5 Å². The minimum absolute atomic E-state index is 0.206. The fourth-order valence-corrected chi connectivity index (χ4v) is 2.33. The molecule has 1 atom stereocenters. The fourth-order valence-electron chi connectivity index (χ4n) is 2.33. The Bertz CT molecular complexity index is 420. The van der Waals surface area contributed by atoms with E-state index in [1.807, 2.05) is 39.0 Å². The molecule has 106 valence electrons. The van der Waals surface area contributed by atoms with Crippen LogP contribution in [0.15, 0.2) is 18.2 Å². The Morgan fingerprint density at radius 3 is 2.68 bits per heavy atom. The number of aryl methyl sites for hydroxylation is 1. The molecule has 0 aliphatic rings. The average molecular weight is 264 g/mol. The standard InChI is InChI=1S/C15H24N2O2/c1-4-9-15(11-16,14(18)19-5-2)10-13-8-6-7-12(3)17-13/h6-8H,4-5,9-11,16H2,1-3H3. The van der Waals surface area contributed by atoms with E-state index in [4.69, 9.17) is 10.5 Å². The number of hydrogen-bond acceptors (Lipinski definition) is 4. The van der Waals surface area contributed by atoms with Gasteiger partial charge in [-0.3, -0.25) is 9.78 Å². The SMILES string of the molecule is CCCC(CN)(Cc1cccc(C)n1)C(=O)OCC. The lowest BCUT2D eigenvalue weighted by Crippen LogP contribution is -2.42. The zero-order valence-corrected chi connectivity index (χ0v) is 12.1. The summed E-state index contributed by atoms with van der Waals surface area (Å²) in [4.78, 5) is 16.7. The molecule has 19 heavy (non-hydrogen) atoms. The summed E-state index contributed by atoms with van der Waals surface area (Å²) in [6.07, 6.45) is 2.15. The third kappa shape index (κ3) is 4.03. The van der Waals surface area contributed by atoms with Crippen molar-refractivity contribution >= 4 is 5.97 Å². The predicted molar refractivity (Wildman–Crippen MR) is 75.7 cm³/mol. The third-order valence-corrected chi connectivity index (χ3v) is 3.29. The predicted octanol–water partition coefficient (Wildman–Crippen LogP) is 2.24. The summed E-state index contributed by atoms with van der Waals surface area (Å²) in [7, 11) is 0. The number of carbonyl (C=O) groups is 1. The third-order valence-electron chi connectivity index (χ3n) is 3.29. The maximum Gasteiger partial charge on any atom is 0.313 e. The first-order chi connectivity index (χ1) is 9.07. The number of carbonyl (C=O) groups excluding carboxylic acids is 1. The highest BCUT2D eigenvalue weighted by Crippen LogP contribution is 2.29. The van der Waals surface area contributed by atoms with Gasteiger partial charge < -0.3 is 10.5 Å². The van der Waals surface area contributed by atoms with Gasteiger partial charge >= 0.3 is 5.97 Å². The smallest absolute Gasteiger partial charge is 0.313 e. The Balaban J connectivity index is 2.99. The van der Waals surface area contributed by atoms with Gasteiger partial charge in [0.2, 0.25) is 0 Å². The van der Waals surface area contributed by atoms with E-state index in [0.29, 0.717) is 13.0 Å². The second-order valence-corrected chi connectivity index (χ2v) is 4.90. The lowest BCUT2D eigenvalue weighted by Gasteiger charge is -2.29. The molecule has 0 aliphatic carbocycles. The van der Waals surface area contributed by atoms with Gasteiger partial charge in [0, 0.05) is 24.4 Å². The highest BCUT2D eigenvalue weighted by Gasteiger charge is 2.38. The number of nitrogens with zero attached hydrogens (tertiary/aromatic N) is 1. The normalized spacial score (nSPS) is 13.9. The van der Waals surface area contributed by atoms with Crippen LogP contribution in [-0.4, -0.2) is 24.1 Å². The highest BCUT2D eigenvalue weighted by atomic mass is 16.5. The Kier molecular flexibility index (Phi) is 5.96. The van der Waals surface area contributed by atoms with E-state index < -0.39 is 5.41 Å². The van der Waals surface area contributed by atoms with Crippen molar-refractivity contribution in [3.63, 3.8) is 0 Å². The number of esters is 1. The van der Waals surface area contributed by atoms with E-state index in [1.165, 1.54) is 0 Å². The first-order valence-corrected chi connectivity index (χ1v) is 6.87. The topological polar surface area (TPSA) is 65.2 Å². The molecule has 0 aliphatic heterocycles. The largest absolute Gasteiger partial charge is 0.466 e. The van der Waals surface area contributed by atoms with Crippen LogP contribution in [0.25, 0.3) is 0 Å². The number of rotatable bonds is 7. The molecule has 1 heterocycles. The van der Waals surface area contributed by atoms with Crippen LogP contribution in [0.3, 0.4) is 0 Å². The average Bonchev–Trinajstić information content (AvgIpc) is 2.38. The summed E-state index contributed by atoms with van der Waals surface area (Å²) in [5, 5.41) is 0. The molecule has 1 rings (SSSR count). The Morgan fingerprint density at radius 1 is 1.42 bits per heavy atom. The Hall–Kier alpha value is -1.42. The summed E-state index contributed by atoms with van der Waals surface area (Å²) in [5.41, 5.74) is 7.08.